The molecule has 1 aromatic carbocycles. The van der Waals surface area contributed by atoms with E-state index in [9.17, 15) is 9.59 Å². The van der Waals surface area contributed by atoms with Gasteiger partial charge in [-0.25, -0.2) is 4.79 Å². The van der Waals surface area contributed by atoms with Gasteiger partial charge in [0.15, 0.2) is 5.11 Å². The predicted molar refractivity (Wildman–Crippen MR) is 95.0 cm³/mol. The molecule has 1 heterocycles. The van der Waals surface area contributed by atoms with E-state index in [4.69, 9.17) is 17.0 Å². The lowest BCUT2D eigenvalue weighted by atomic mass is 10.2. The first kappa shape index (κ1) is 17.1. The molecule has 0 fully saturated rings. The molecule has 23 heavy (non-hydrogen) atoms. The van der Waals surface area contributed by atoms with Crippen LogP contribution in [0.1, 0.15) is 33.9 Å². The normalized spacial score (nSPS) is 10.2. The summed E-state index contributed by atoms with van der Waals surface area (Å²) >= 11 is 6.44. The molecule has 0 spiro atoms. The van der Waals surface area contributed by atoms with Gasteiger partial charge in [-0.15, -0.1) is 11.3 Å². The van der Waals surface area contributed by atoms with Crippen LogP contribution in [0.3, 0.4) is 0 Å². The van der Waals surface area contributed by atoms with Gasteiger partial charge in [0.05, 0.1) is 16.5 Å². The lowest BCUT2D eigenvalue weighted by molar-refractivity contribution is 0.0378. The zero-order valence-electron chi connectivity index (χ0n) is 12.7. The number of thiophene rings is 1. The summed E-state index contributed by atoms with van der Waals surface area (Å²) in [5, 5.41) is 7.50. The van der Waals surface area contributed by atoms with E-state index >= 15 is 0 Å². The second kappa shape index (κ2) is 7.85. The summed E-state index contributed by atoms with van der Waals surface area (Å²) in [6.07, 6.45) is -0.166. The molecule has 5 nitrogen and oxygen atoms in total. The Hall–Kier alpha value is -2.25. The van der Waals surface area contributed by atoms with Crippen LogP contribution in [0.5, 0.6) is 0 Å². The maximum atomic E-state index is 11.9. The third kappa shape index (κ3) is 5.15. The monoisotopic (exact) mass is 348 g/mol. The molecular formula is C16H16N2O3S2. The second-order valence-corrected chi connectivity index (χ2v) is 6.27. The van der Waals surface area contributed by atoms with Crippen molar-refractivity contribution in [3.05, 3.63) is 52.2 Å². The number of esters is 1. The van der Waals surface area contributed by atoms with E-state index in [1.807, 2.05) is 5.38 Å². The van der Waals surface area contributed by atoms with E-state index in [1.54, 1.807) is 50.2 Å². The second-order valence-electron chi connectivity index (χ2n) is 4.92. The maximum Gasteiger partial charge on any atom is 0.338 e. The highest BCUT2D eigenvalue weighted by Crippen LogP contribution is 2.12. The minimum Gasteiger partial charge on any atom is -0.459 e. The molecule has 1 aromatic heterocycles. The van der Waals surface area contributed by atoms with Gasteiger partial charge in [0.25, 0.3) is 5.91 Å². The van der Waals surface area contributed by atoms with E-state index in [-0.39, 0.29) is 23.1 Å². The van der Waals surface area contributed by atoms with Crippen LogP contribution < -0.4 is 10.6 Å². The highest BCUT2D eigenvalue weighted by molar-refractivity contribution is 7.80. The van der Waals surface area contributed by atoms with Crippen molar-refractivity contribution in [3.63, 3.8) is 0 Å². The van der Waals surface area contributed by atoms with Crippen molar-refractivity contribution in [1.29, 1.82) is 0 Å². The van der Waals surface area contributed by atoms with Crippen molar-refractivity contribution in [2.45, 2.75) is 20.0 Å². The first-order chi connectivity index (χ1) is 11.0. The average Bonchev–Trinajstić information content (AvgIpc) is 3.01. The van der Waals surface area contributed by atoms with E-state index in [2.05, 4.69) is 10.6 Å². The molecule has 0 radical (unpaired) electrons. The molecule has 0 atom stereocenters. The topological polar surface area (TPSA) is 67.4 Å². The van der Waals surface area contributed by atoms with Crippen molar-refractivity contribution in [1.82, 2.24) is 5.32 Å². The summed E-state index contributed by atoms with van der Waals surface area (Å²) in [7, 11) is 0. The van der Waals surface area contributed by atoms with Gasteiger partial charge in [0.2, 0.25) is 0 Å². The Morgan fingerprint density at radius 3 is 2.43 bits per heavy atom. The highest BCUT2D eigenvalue weighted by atomic mass is 32.1. The first-order valence-corrected chi connectivity index (χ1v) is 8.21. The molecular weight excluding hydrogens is 332 g/mol. The SMILES string of the molecule is CC(C)OC(=O)c1ccc(NC(=S)NC(=O)c2cccs2)cc1. The van der Waals surface area contributed by atoms with Crippen molar-refractivity contribution in [3.8, 4) is 0 Å². The van der Waals surface area contributed by atoms with Crippen LogP contribution >= 0.6 is 23.6 Å². The van der Waals surface area contributed by atoms with Gasteiger partial charge in [-0.05, 0) is 61.8 Å². The van der Waals surface area contributed by atoms with Crippen LogP contribution in [0.25, 0.3) is 0 Å². The van der Waals surface area contributed by atoms with Crippen molar-refractivity contribution in [2.24, 2.45) is 0 Å². The Bertz CT molecular complexity index is 695. The summed E-state index contributed by atoms with van der Waals surface area (Å²) in [5.74, 6) is -0.630. The van der Waals surface area contributed by atoms with Crippen LogP contribution in [0, 0.1) is 0 Å². The third-order valence-electron chi connectivity index (χ3n) is 2.69. The molecule has 0 bridgehead atoms. The molecule has 0 aliphatic carbocycles. The Morgan fingerprint density at radius 2 is 1.87 bits per heavy atom. The number of ether oxygens (including phenoxy) is 1. The van der Waals surface area contributed by atoms with Crippen LogP contribution in [0.15, 0.2) is 41.8 Å². The van der Waals surface area contributed by atoms with Gasteiger partial charge in [-0.1, -0.05) is 6.07 Å². The number of rotatable bonds is 4. The molecule has 0 saturated heterocycles. The smallest absolute Gasteiger partial charge is 0.338 e. The Kier molecular flexibility index (Phi) is 5.84. The quantitative estimate of drug-likeness (QED) is 0.654. The van der Waals surface area contributed by atoms with Crippen LogP contribution in [0.2, 0.25) is 0 Å². The summed E-state index contributed by atoms with van der Waals surface area (Å²) in [5.41, 5.74) is 1.13. The van der Waals surface area contributed by atoms with Crippen LogP contribution in [-0.2, 0) is 4.74 Å². The fraction of sp³-hybridized carbons (Fsp3) is 0.188. The lowest BCUT2D eigenvalue weighted by Crippen LogP contribution is -2.33. The molecule has 0 aliphatic rings. The van der Waals surface area contributed by atoms with Gasteiger partial charge in [-0.2, -0.15) is 0 Å². The van der Waals surface area contributed by atoms with Crippen molar-refractivity contribution < 1.29 is 14.3 Å². The minimum atomic E-state index is -0.375. The number of hydrogen-bond donors (Lipinski definition) is 2. The number of benzene rings is 1. The number of carbonyl (C=O) groups is 2. The molecule has 0 saturated carbocycles. The average molecular weight is 348 g/mol. The van der Waals surface area contributed by atoms with E-state index in [1.165, 1.54) is 11.3 Å². The van der Waals surface area contributed by atoms with Crippen molar-refractivity contribution in [2.75, 3.05) is 5.32 Å². The molecule has 0 aliphatic heterocycles. The zero-order chi connectivity index (χ0) is 16.8. The molecule has 120 valence electrons. The van der Waals surface area contributed by atoms with Crippen LogP contribution in [-0.4, -0.2) is 23.1 Å². The van der Waals surface area contributed by atoms with Crippen molar-refractivity contribution >= 4 is 46.2 Å². The Morgan fingerprint density at radius 1 is 1.17 bits per heavy atom. The number of carbonyl (C=O) groups excluding carboxylic acids is 2. The first-order valence-electron chi connectivity index (χ1n) is 6.92. The molecule has 2 aromatic rings. The third-order valence-corrected chi connectivity index (χ3v) is 3.77. The summed E-state index contributed by atoms with van der Waals surface area (Å²) < 4.78 is 5.11. The number of anilines is 1. The number of hydrogen-bond acceptors (Lipinski definition) is 5. The Balaban J connectivity index is 1.91. The summed E-state index contributed by atoms with van der Waals surface area (Å²) in [4.78, 5) is 24.2. The molecule has 2 N–H and O–H groups in total. The lowest BCUT2D eigenvalue weighted by Gasteiger charge is -2.10. The number of thiocarbonyl (C=S) groups is 1. The predicted octanol–water partition coefficient (Wildman–Crippen LogP) is 3.44. The van der Waals surface area contributed by atoms with E-state index in [0.29, 0.717) is 16.1 Å². The van der Waals surface area contributed by atoms with E-state index < -0.39 is 0 Å². The zero-order valence-corrected chi connectivity index (χ0v) is 14.3. The number of amides is 1. The summed E-state index contributed by atoms with van der Waals surface area (Å²) in [6, 6.07) is 10.2. The summed E-state index contributed by atoms with van der Waals surface area (Å²) in [6.45, 7) is 3.59. The fourth-order valence-corrected chi connectivity index (χ4v) is 2.54. The van der Waals surface area contributed by atoms with E-state index in [0.717, 1.165) is 0 Å². The fourth-order valence-electron chi connectivity index (χ4n) is 1.71. The van der Waals surface area contributed by atoms with Gasteiger partial charge < -0.3 is 10.1 Å². The maximum absolute atomic E-state index is 11.9. The molecule has 7 heteroatoms. The largest absolute Gasteiger partial charge is 0.459 e. The Labute approximate surface area is 143 Å². The van der Waals surface area contributed by atoms with Gasteiger partial charge in [-0.3, -0.25) is 10.1 Å². The minimum absolute atomic E-state index is 0.166. The van der Waals surface area contributed by atoms with Gasteiger partial charge >= 0.3 is 5.97 Å². The van der Waals surface area contributed by atoms with Gasteiger partial charge in [0, 0.05) is 5.69 Å². The van der Waals surface area contributed by atoms with Crippen LogP contribution in [0.4, 0.5) is 5.69 Å². The van der Waals surface area contributed by atoms with Gasteiger partial charge in [0.1, 0.15) is 0 Å². The molecule has 1 amide bonds. The molecule has 0 unspecified atom stereocenters. The number of nitrogens with one attached hydrogen (secondary N) is 2. The molecule has 2 rings (SSSR count). The highest BCUT2D eigenvalue weighted by Gasteiger charge is 2.10. The standard InChI is InChI=1S/C16H16N2O3S2/c1-10(2)21-15(20)11-5-7-12(8-6-11)17-16(22)18-14(19)13-4-3-9-23-13/h3-10H,1-2H3,(H2,17,18,19,22).